The smallest absolute Gasteiger partial charge is 0.347 e. The van der Waals surface area contributed by atoms with Crippen LogP contribution < -0.4 is 9.47 Å². The zero-order valence-electron chi connectivity index (χ0n) is 15.5. The molecule has 0 bridgehead atoms. The molecule has 1 N–H and O–H groups in total. The number of rotatable bonds is 8. The van der Waals surface area contributed by atoms with Gasteiger partial charge >= 0.3 is 5.97 Å². The maximum atomic E-state index is 11.1. The third kappa shape index (κ3) is 5.13. The molecular formula is C21H20BrNO5. The van der Waals surface area contributed by atoms with Crippen molar-refractivity contribution < 1.29 is 23.8 Å². The van der Waals surface area contributed by atoms with Gasteiger partial charge in [0.25, 0.3) is 0 Å². The van der Waals surface area contributed by atoms with Crippen LogP contribution in [-0.2, 0) is 11.2 Å². The Morgan fingerprint density at radius 2 is 1.89 bits per heavy atom. The van der Waals surface area contributed by atoms with E-state index in [4.69, 9.17) is 19.0 Å². The Kier molecular flexibility index (Phi) is 6.04. The predicted molar refractivity (Wildman–Crippen MR) is 108 cm³/mol. The molecule has 28 heavy (non-hydrogen) atoms. The minimum atomic E-state index is -1.29. The van der Waals surface area contributed by atoms with E-state index in [0.717, 1.165) is 15.7 Å². The molecule has 6 nitrogen and oxygen atoms in total. The highest BCUT2D eigenvalue weighted by molar-refractivity contribution is 9.10. The topological polar surface area (TPSA) is 81.8 Å². The normalized spacial score (nSPS) is 11.2. The Morgan fingerprint density at radius 1 is 1.18 bits per heavy atom. The molecule has 0 fully saturated rings. The molecule has 2 aromatic carbocycles. The number of carboxylic acid groups (broad SMARTS) is 1. The first-order chi connectivity index (χ1) is 13.3. The molecule has 146 valence electrons. The average Bonchev–Trinajstić information content (AvgIpc) is 3.12. The van der Waals surface area contributed by atoms with Crippen molar-refractivity contribution in [1.29, 1.82) is 0 Å². The second-order valence-corrected chi connectivity index (χ2v) is 7.56. The lowest BCUT2D eigenvalue weighted by molar-refractivity contribution is -0.152. The molecule has 0 atom stereocenters. The summed E-state index contributed by atoms with van der Waals surface area (Å²) in [5, 5.41) is 9.10. The van der Waals surface area contributed by atoms with Crippen molar-refractivity contribution in [3.8, 4) is 23.0 Å². The molecule has 3 aromatic rings. The van der Waals surface area contributed by atoms with Gasteiger partial charge in [0.15, 0.2) is 5.60 Å². The number of aromatic nitrogens is 1. The fourth-order valence-electron chi connectivity index (χ4n) is 2.39. The van der Waals surface area contributed by atoms with Gasteiger partial charge in [0.05, 0.1) is 12.3 Å². The maximum Gasteiger partial charge on any atom is 0.347 e. The number of hydrogen-bond acceptors (Lipinski definition) is 5. The minimum absolute atomic E-state index is 0.436. The zero-order valence-corrected chi connectivity index (χ0v) is 17.1. The Hall–Kier alpha value is -2.80. The van der Waals surface area contributed by atoms with Crippen molar-refractivity contribution in [3.63, 3.8) is 0 Å². The number of carbonyl (C=O) groups is 1. The van der Waals surface area contributed by atoms with Crippen molar-refractivity contribution in [2.75, 3.05) is 6.61 Å². The predicted octanol–water partition coefficient (Wildman–Crippen LogP) is 4.97. The van der Waals surface area contributed by atoms with Crippen LogP contribution >= 0.6 is 15.9 Å². The number of ether oxygens (including phenoxy) is 2. The van der Waals surface area contributed by atoms with Gasteiger partial charge in [0.2, 0.25) is 5.89 Å². The van der Waals surface area contributed by atoms with Crippen molar-refractivity contribution in [3.05, 3.63) is 65.0 Å². The molecule has 0 radical (unpaired) electrons. The Balaban J connectivity index is 1.52. The standard InChI is InChI=1S/C21H20BrNO5/c1-21(2,20(24)25)28-18-8-6-17(7-9-18)26-11-10-16-13-27-19(23-16)14-4-3-5-15(22)12-14/h3-9,12-13H,10-11H2,1-2H3,(H,24,25). The lowest BCUT2D eigenvalue weighted by atomic mass is 10.1. The summed E-state index contributed by atoms with van der Waals surface area (Å²) in [5.74, 6) is 0.674. The number of benzene rings is 2. The Bertz CT molecular complexity index is 949. The molecule has 1 heterocycles. The SMILES string of the molecule is CC(C)(Oc1ccc(OCCc2coc(-c3cccc(Br)c3)n2)cc1)C(=O)O. The highest BCUT2D eigenvalue weighted by Crippen LogP contribution is 2.24. The highest BCUT2D eigenvalue weighted by atomic mass is 79.9. The van der Waals surface area contributed by atoms with E-state index >= 15 is 0 Å². The fourth-order valence-corrected chi connectivity index (χ4v) is 2.79. The number of aliphatic carboxylic acids is 1. The highest BCUT2D eigenvalue weighted by Gasteiger charge is 2.29. The van der Waals surface area contributed by atoms with E-state index in [0.29, 0.717) is 30.4 Å². The lowest BCUT2D eigenvalue weighted by Gasteiger charge is -2.21. The molecule has 0 unspecified atom stereocenters. The van der Waals surface area contributed by atoms with Crippen molar-refractivity contribution in [2.45, 2.75) is 25.9 Å². The van der Waals surface area contributed by atoms with E-state index in [9.17, 15) is 4.79 Å². The van der Waals surface area contributed by atoms with Crippen LogP contribution in [-0.4, -0.2) is 28.3 Å². The lowest BCUT2D eigenvalue weighted by Crippen LogP contribution is -2.37. The summed E-state index contributed by atoms with van der Waals surface area (Å²) in [6.45, 7) is 3.44. The molecule has 0 aliphatic carbocycles. The van der Waals surface area contributed by atoms with Gasteiger partial charge in [-0.1, -0.05) is 22.0 Å². The monoisotopic (exact) mass is 445 g/mol. The third-order valence-electron chi connectivity index (χ3n) is 3.96. The average molecular weight is 446 g/mol. The number of oxazole rings is 1. The summed E-state index contributed by atoms with van der Waals surface area (Å²) in [5.41, 5.74) is 0.418. The fraction of sp³-hybridized carbons (Fsp3) is 0.238. The summed E-state index contributed by atoms with van der Waals surface area (Å²) < 4.78 is 17.7. The van der Waals surface area contributed by atoms with Crippen LogP contribution in [0.2, 0.25) is 0 Å². The Labute approximate surface area is 171 Å². The molecule has 3 rings (SSSR count). The first-order valence-corrected chi connectivity index (χ1v) is 9.48. The number of hydrogen-bond donors (Lipinski definition) is 1. The van der Waals surface area contributed by atoms with E-state index < -0.39 is 11.6 Å². The molecule has 0 saturated heterocycles. The number of carboxylic acids is 1. The van der Waals surface area contributed by atoms with Crippen molar-refractivity contribution in [2.24, 2.45) is 0 Å². The first kappa shape index (κ1) is 19.9. The summed E-state index contributed by atoms with van der Waals surface area (Å²) in [6.07, 6.45) is 2.23. The van der Waals surface area contributed by atoms with Gasteiger partial charge in [-0.25, -0.2) is 9.78 Å². The van der Waals surface area contributed by atoms with Crippen LogP contribution in [0.15, 0.2) is 63.7 Å². The third-order valence-corrected chi connectivity index (χ3v) is 4.46. The largest absolute Gasteiger partial charge is 0.493 e. The van der Waals surface area contributed by atoms with E-state index in [1.807, 2.05) is 24.3 Å². The molecule has 0 aliphatic heterocycles. The van der Waals surface area contributed by atoms with E-state index in [1.165, 1.54) is 13.8 Å². The second-order valence-electron chi connectivity index (χ2n) is 6.64. The van der Waals surface area contributed by atoms with Gasteiger partial charge in [-0.15, -0.1) is 0 Å². The van der Waals surface area contributed by atoms with Gasteiger partial charge in [-0.2, -0.15) is 0 Å². The van der Waals surface area contributed by atoms with E-state index in [1.54, 1.807) is 30.5 Å². The van der Waals surface area contributed by atoms with Gasteiger partial charge in [0, 0.05) is 16.5 Å². The number of nitrogens with zero attached hydrogens (tertiary/aromatic N) is 1. The number of halogens is 1. The van der Waals surface area contributed by atoms with E-state index in [2.05, 4.69) is 20.9 Å². The summed E-state index contributed by atoms with van der Waals surface area (Å²) >= 11 is 3.43. The van der Waals surface area contributed by atoms with Crippen LogP contribution in [0.4, 0.5) is 0 Å². The molecule has 7 heteroatoms. The summed E-state index contributed by atoms with van der Waals surface area (Å²) in [4.78, 5) is 15.6. The molecule has 1 aromatic heterocycles. The van der Waals surface area contributed by atoms with E-state index in [-0.39, 0.29) is 0 Å². The van der Waals surface area contributed by atoms with Crippen LogP contribution in [0.5, 0.6) is 11.5 Å². The summed E-state index contributed by atoms with van der Waals surface area (Å²) in [7, 11) is 0. The minimum Gasteiger partial charge on any atom is -0.493 e. The molecule has 0 saturated carbocycles. The van der Waals surface area contributed by atoms with Gasteiger partial charge in [0.1, 0.15) is 17.8 Å². The Morgan fingerprint density at radius 3 is 2.57 bits per heavy atom. The second kappa shape index (κ2) is 8.48. The molecule has 0 spiro atoms. The van der Waals surface area contributed by atoms with Gasteiger partial charge in [-0.3, -0.25) is 0 Å². The van der Waals surface area contributed by atoms with Crippen LogP contribution in [0, 0.1) is 0 Å². The molecule has 0 aliphatic rings. The van der Waals surface area contributed by atoms with Gasteiger partial charge in [-0.05, 0) is 56.3 Å². The first-order valence-electron chi connectivity index (χ1n) is 8.69. The maximum absolute atomic E-state index is 11.1. The molecule has 0 amide bonds. The van der Waals surface area contributed by atoms with Crippen molar-refractivity contribution in [1.82, 2.24) is 4.98 Å². The van der Waals surface area contributed by atoms with Gasteiger partial charge < -0.3 is 19.0 Å². The summed E-state index contributed by atoms with van der Waals surface area (Å²) in [6, 6.07) is 14.6. The zero-order chi connectivity index (χ0) is 20.1. The van der Waals surface area contributed by atoms with Crippen LogP contribution in [0.25, 0.3) is 11.5 Å². The van der Waals surface area contributed by atoms with Crippen LogP contribution in [0.1, 0.15) is 19.5 Å². The molecular weight excluding hydrogens is 426 g/mol. The van der Waals surface area contributed by atoms with Crippen molar-refractivity contribution >= 4 is 21.9 Å². The quantitative estimate of drug-likeness (QED) is 0.527. The van der Waals surface area contributed by atoms with Crippen LogP contribution in [0.3, 0.4) is 0 Å².